The Balaban J connectivity index is 0.000000223. The van der Waals surface area contributed by atoms with Crippen molar-refractivity contribution in [2.24, 2.45) is 0 Å². The van der Waals surface area contributed by atoms with E-state index in [-0.39, 0.29) is 39.9 Å². The minimum atomic E-state index is -0.888. The lowest BCUT2D eigenvalue weighted by Crippen LogP contribution is -2.17. The lowest BCUT2D eigenvalue weighted by molar-refractivity contribution is 0.130. The van der Waals surface area contributed by atoms with Crippen LogP contribution in [-0.4, -0.2) is 37.7 Å². The number of benzene rings is 3. The summed E-state index contributed by atoms with van der Waals surface area (Å²) in [5.41, 5.74) is -0.262. The van der Waals surface area contributed by atoms with E-state index in [1.165, 1.54) is 6.07 Å². The summed E-state index contributed by atoms with van der Waals surface area (Å²) < 4.78 is 10.3. The maximum Gasteiger partial charge on any atom is 0.411 e. The van der Waals surface area contributed by atoms with Gasteiger partial charge in [0.25, 0.3) is 0 Å². The van der Waals surface area contributed by atoms with Gasteiger partial charge in [0.2, 0.25) is 11.2 Å². The minimum Gasteiger partial charge on any atom is -0.508 e. The Morgan fingerprint density at radius 3 is 2.31 bits per heavy atom. The molecule has 0 atom stereocenters. The summed E-state index contributed by atoms with van der Waals surface area (Å²) >= 11 is 5.74. The van der Waals surface area contributed by atoms with Gasteiger partial charge in [-0.15, -0.1) is 0 Å². The predicted octanol–water partition coefficient (Wildman–Crippen LogP) is 5.28. The van der Waals surface area contributed by atoms with Gasteiger partial charge < -0.3 is 34.7 Å². The molecule has 36 heavy (non-hydrogen) atoms. The molecule has 1 heterocycles. The van der Waals surface area contributed by atoms with Crippen molar-refractivity contribution in [3.05, 3.63) is 69.8 Å². The summed E-state index contributed by atoms with van der Waals surface area (Å²) in [5.74, 6) is -2.71. The average Bonchev–Trinajstić information content (AvgIpc) is 2.77. The highest BCUT2D eigenvalue weighted by atomic mass is 35.5. The molecular formula is C25H22ClNO9. The van der Waals surface area contributed by atoms with Gasteiger partial charge in [-0.25, -0.2) is 4.79 Å². The Bertz CT molecular complexity index is 1480. The molecule has 4 aromatic rings. The number of hydrogen-bond acceptors (Lipinski definition) is 9. The van der Waals surface area contributed by atoms with Crippen molar-refractivity contribution in [1.82, 2.24) is 0 Å². The van der Waals surface area contributed by atoms with Crippen molar-refractivity contribution < 1.29 is 39.5 Å². The van der Waals surface area contributed by atoms with Crippen LogP contribution in [0.4, 0.5) is 10.5 Å². The average molecular weight is 516 g/mol. The van der Waals surface area contributed by atoms with Crippen LogP contribution in [0.1, 0.15) is 13.8 Å². The molecule has 0 radical (unpaired) electrons. The number of fused-ring (bicyclic) bond motifs is 1. The molecule has 0 unspecified atom stereocenters. The van der Waals surface area contributed by atoms with E-state index in [0.717, 1.165) is 24.3 Å². The third-order valence-electron chi connectivity index (χ3n) is 4.59. The third kappa shape index (κ3) is 6.10. The number of hydrogen-bond donors (Lipinski definition) is 6. The largest absolute Gasteiger partial charge is 0.508 e. The molecular weight excluding hydrogens is 494 g/mol. The molecule has 0 aliphatic rings. The van der Waals surface area contributed by atoms with E-state index in [0.29, 0.717) is 10.7 Å². The lowest BCUT2D eigenvalue weighted by atomic mass is 10.1. The molecule has 10 nitrogen and oxygen atoms in total. The van der Waals surface area contributed by atoms with Gasteiger partial charge in [0.15, 0.2) is 17.3 Å². The fourth-order valence-corrected chi connectivity index (χ4v) is 3.25. The van der Waals surface area contributed by atoms with Crippen LogP contribution in [0.25, 0.3) is 22.3 Å². The normalized spacial score (nSPS) is 10.6. The number of phenols is 4. The van der Waals surface area contributed by atoms with E-state index in [4.69, 9.17) is 20.8 Å². The molecule has 0 spiro atoms. The summed E-state index contributed by atoms with van der Waals surface area (Å²) in [6, 6.07) is 12.5. The van der Waals surface area contributed by atoms with Crippen molar-refractivity contribution in [2.45, 2.75) is 20.0 Å². The second kappa shape index (κ2) is 10.8. The molecule has 1 amide bonds. The van der Waals surface area contributed by atoms with Crippen LogP contribution < -0.4 is 10.7 Å². The highest BCUT2D eigenvalue weighted by Gasteiger charge is 2.19. The number of halogens is 1. The van der Waals surface area contributed by atoms with Gasteiger partial charge in [-0.2, -0.15) is 0 Å². The Labute approximate surface area is 209 Å². The molecule has 0 saturated heterocycles. The Hall–Kier alpha value is -4.57. The van der Waals surface area contributed by atoms with Crippen LogP contribution in [0.5, 0.6) is 28.7 Å². The van der Waals surface area contributed by atoms with Gasteiger partial charge in [-0.3, -0.25) is 10.1 Å². The molecule has 4 rings (SSSR count). The maximum atomic E-state index is 12.1. The molecule has 3 aromatic carbocycles. The number of rotatable bonds is 3. The van der Waals surface area contributed by atoms with Gasteiger partial charge in [0, 0.05) is 28.4 Å². The van der Waals surface area contributed by atoms with Crippen molar-refractivity contribution in [3.8, 4) is 40.1 Å². The summed E-state index contributed by atoms with van der Waals surface area (Å²) in [6.07, 6.45) is -0.601. The Morgan fingerprint density at radius 2 is 1.67 bits per heavy atom. The first-order valence-electron chi connectivity index (χ1n) is 10.4. The zero-order valence-corrected chi connectivity index (χ0v) is 19.8. The van der Waals surface area contributed by atoms with Crippen LogP contribution in [0, 0.1) is 0 Å². The number of carbonyl (C=O) groups is 1. The molecule has 6 N–H and O–H groups in total. The number of nitrogens with one attached hydrogen (secondary N) is 1. The van der Waals surface area contributed by atoms with Crippen LogP contribution in [0.3, 0.4) is 0 Å². The number of anilines is 1. The van der Waals surface area contributed by atoms with Gasteiger partial charge in [0.05, 0.1) is 6.10 Å². The first-order valence-corrected chi connectivity index (χ1v) is 10.8. The molecule has 0 aliphatic heterocycles. The first kappa shape index (κ1) is 26.0. The molecule has 11 heteroatoms. The summed E-state index contributed by atoms with van der Waals surface area (Å²) in [6.45, 7) is 3.58. The minimum absolute atomic E-state index is 0.130. The van der Waals surface area contributed by atoms with Gasteiger partial charge >= 0.3 is 6.09 Å². The van der Waals surface area contributed by atoms with Crippen molar-refractivity contribution in [1.29, 1.82) is 0 Å². The lowest BCUT2D eigenvalue weighted by Gasteiger charge is -2.09. The highest BCUT2D eigenvalue weighted by molar-refractivity contribution is 6.30. The fourth-order valence-electron chi connectivity index (χ4n) is 3.06. The molecule has 1 aromatic heterocycles. The summed E-state index contributed by atoms with van der Waals surface area (Å²) in [5, 5.41) is 50.8. The van der Waals surface area contributed by atoms with Crippen molar-refractivity contribution in [2.75, 3.05) is 5.32 Å². The summed E-state index contributed by atoms with van der Waals surface area (Å²) in [4.78, 5) is 23.3. The van der Waals surface area contributed by atoms with E-state index < -0.39 is 28.8 Å². The third-order valence-corrected chi connectivity index (χ3v) is 4.82. The van der Waals surface area contributed by atoms with Gasteiger partial charge in [0.1, 0.15) is 22.5 Å². The Morgan fingerprint density at radius 1 is 0.944 bits per heavy atom. The molecule has 188 valence electrons. The molecule has 0 bridgehead atoms. The topological polar surface area (TPSA) is 170 Å². The van der Waals surface area contributed by atoms with Gasteiger partial charge in [-0.05, 0) is 50.2 Å². The van der Waals surface area contributed by atoms with E-state index in [1.54, 1.807) is 38.1 Å². The number of carbonyl (C=O) groups excluding carboxylic acids is 1. The first-order chi connectivity index (χ1) is 17.0. The second-order valence-corrected chi connectivity index (χ2v) is 8.18. The van der Waals surface area contributed by atoms with Crippen molar-refractivity contribution in [3.63, 3.8) is 0 Å². The number of amides is 1. The highest BCUT2D eigenvalue weighted by Crippen LogP contribution is 2.37. The van der Waals surface area contributed by atoms with Crippen LogP contribution >= 0.6 is 11.6 Å². The number of ether oxygens (including phenoxy) is 1. The predicted molar refractivity (Wildman–Crippen MR) is 133 cm³/mol. The van der Waals surface area contributed by atoms with Crippen LogP contribution in [0.2, 0.25) is 5.02 Å². The number of aromatic hydroxyl groups is 5. The SMILES string of the molecule is CC(C)OC(=O)Nc1cccc(Cl)c1.O=c1c(O)c(-c2ccc(O)c(O)c2)oc2cc(O)cc(O)c12. The molecule has 0 fully saturated rings. The van der Waals surface area contributed by atoms with Crippen molar-refractivity contribution >= 4 is 34.4 Å². The zero-order chi connectivity index (χ0) is 26.6. The molecule has 0 aliphatic carbocycles. The smallest absolute Gasteiger partial charge is 0.411 e. The summed E-state index contributed by atoms with van der Waals surface area (Å²) in [7, 11) is 0. The van der Waals surface area contributed by atoms with E-state index in [1.807, 2.05) is 0 Å². The molecule has 0 saturated carbocycles. The Kier molecular flexibility index (Phi) is 7.80. The maximum absolute atomic E-state index is 12.1. The van der Waals surface area contributed by atoms with E-state index >= 15 is 0 Å². The monoisotopic (exact) mass is 515 g/mol. The quantitative estimate of drug-likeness (QED) is 0.198. The number of phenolic OH excluding ortho intramolecular Hbond substituents is 4. The standard InChI is InChI=1S/C15H10O7.C10H12ClNO2/c16-7-4-10(19)12-11(5-7)22-15(14(21)13(12)20)6-1-2-8(17)9(18)3-6;1-7(2)14-10(13)12-9-5-3-4-8(11)6-9/h1-5,16-19,21H;3-7H,1-2H3,(H,12,13). The second-order valence-electron chi connectivity index (χ2n) is 7.74. The van der Waals surface area contributed by atoms with Crippen LogP contribution in [0.15, 0.2) is 63.8 Å². The van der Waals surface area contributed by atoms with E-state index in [9.17, 15) is 35.1 Å². The van der Waals surface area contributed by atoms with E-state index in [2.05, 4.69) is 5.32 Å². The fraction of sp³-hybridized carbons (Fsp3) is 0.120. The van der Waals surface area contributed by atoms with Gasteiger partial charge in [-0.1, -0.05) is 17.7 Å². The zero-order valence-electron chi connectivity index (χ0n) is 19.0. The van der Waals surface area contributed by atoms with Crippen LogP contribution in [-0.2, 0) is 4.74 Å².